The van der Waals surface area contributed by atoms with Crippen molar-refractivity contribution in [2.24, 2.45) is 0 Å². The lowest BCUT2D eigenvalue weighted by atomic mass is 9.95. The number of aryl methyl sites for hydroxylation is 1. The minimum absolute atomic E-state index is 0.237. The standard InChI is InChI=1S/C20H22N2O4S2/c1-12(23)21-19-18(13-7-3-5-9-15(13)28-19)20(25)26-11-17(24)22-14-8-4-6-10-16(14)27-2/h4,6,8,10H,3,5,7,9,11H2,1-2H3,(H,21,23)(H,22,24). The molecule has 3 rings (SSSR count). The van der Waals surface area contributed by atoms with E-state index >= 15 is 0 Å². The van der Waals surface area contributed by atoms with E-state index < -0.39 is 11.9 Å². The van der Waals surface area contributed by atoms with Crippen molar-refractivity contribution in [2.45, 2.75) is 37.5 Å². The number of anilines is 2. The molecular weight excluding hydrogens is 396 g/mol. The van der Waals surface area contributed by atoms with Gasteiger partial charge in [-0.25, -0.2) is 4.79 Å². The number of hydrogen-bond donors (Lipinski definition) is 2. The van der Waals surface area contributed by atoms with E-state index in [4.69, 9.17) is 4.74 Å². The summed E-state index contributed by atoms with van der Waals surface area (Å²) in [4.78, 5) is 38.5. The number of hydrogen-bond acceptors (Lipinski definition) is 6. The van der Waals surface area contributed by atoms with Crippen LogP contribution in [0.15, 0.2) is 29.2 Å². The topological polar surface area (TPSA) is 84.5 Å². The molecule has 0 spiro atoms. The van der Waals surface area contributed by atoms with E-state index in [1.54, 1.807) is 6.07 Å². The fourth-order valence-corrected chi connectivity index (χ4v) is 5.04. The predicted octanol–water partition coefficient (Wildman–Crippen LogP) is 4.10. The number of thiophene rings is 1. The maximum Gasteiger partial charge on any atom is 0.341 e. The number of rotatable bonds is 6. The van der Waals surface area contributed by atoms with Crippen LogP contribution >= 0.6 is 23.1 Å². The highest BCUT2D eigenvalue weighted by Gasteiger charge is 2.27. The van der Waals surface area contributed by atoms with E-state index in [0.717, 1.165) is 41.0 Å². The second-order valence-corrected chi connectivity index (χ2v) is 8.37. The molecule has 1 aliphatic carbocycles. The lowest BCUT2D eigenvalue weighted by Gasteiger charge is -2.13. The zero-order valence-corrected chi connectivity index (χ0v) is 17.4. The summed E-state index contributed by atoms with van der Waals surface area (Å²) in [5.74, 6) is -1.21. The molecule has 1 aromatic carbocycles. The Hall–Kier alpha value is -2.32. The van der Waals surface area contributed by atoms with E-state index in [0.29, 0.717) is 16.3 Å². The van der Waals surface area contributed by atoms with E-state index in [-0.39, 0.29) is 12.5 Å². The van der Waals surface area contributed by atoms with Gasteiger partial charge in [0, 0.05) is 16.7 Å². The average Bonchev–Trinajstić information content (AvgIpc) is 3.03. The van der Waals surface area contributed by atoms with Crippen molar-refractivity contribution >= 4 is 51.6 Å². The van der Waals surface area contributed by atoms with Crippen molar-refractivity contribution < 1.29 is 19.1 Å². The first kappa shape index (κ1) is 20.4. The summed E-state index contributed by atoms with van der Waals surface area (Å²) >= 11 is 2.95. The number of carbonyl (C=O) groups is 3. The Morgan fingerprint density at radius 3 is 2.64 bits per heavy atom. The highest BCUT2D eigenvalue weighted by Crippen LogP contribution is 2.38. The molecule has 0 aliphatic heterocycles. The van der Waals surface area contributed by atoms with Gasteiger partial charge >= 0.3 is 5.97 Å². The smallest absolute Gasteiger partial charge is 0.341 e. The van der Waals surface area contributed by atoms with Gasteiger partial charge in [-0.3, -0.25) is 9.59 Å². The number of nitrogens with one attached hydrogen (secondary N) is 2. The van der Waals surface area contributed by atoms with Gasteiger partial charge < -0.3 is 15.4 Å². The number of amides is 2. The van der Waals surface area contributed by atoms with Crippen LogP contribution in [0.4, 0.5) is 10.7 Å². The summed E-state index contributed by atoms with van der Waals surface area (Å²) in [7, 11) is 0. The van der Waals surface area contributed by atoms with Gasteiger partial charge in [-0.2, -0.15) is 0 Å². The molecule has 148 valence electrons. The Kier molecular flexibility index (Phi) is 6.74. The average molecular weight is 419 g/mol. The number of ether oxygens (including phenoxy) is 1. The van der Waals surface area contributed by atoms with Crippen molar-refractivity contribution in [3.05, 3.63) is 40.3 Å². The van der Waals surface area contributed by atoms with Crippen LogP contribution in [0.3, 0.4) is 0 Å². The molecule has 8 heteroatoms. The molecule has 1 aromatic heterocycles. The summed E-state index contributed by atoms with van der Waals surface area (Å²) in [5.41, 5.74) is 2.02. The lowest BCUT2D eigenvalue weighted by molar-refractivity contribution is -0.119. The fraction of sp³-hybridized carbons (Fsp3) is 0.350. The highest BCUT2D eigenvalue weighted by molar-refractivity contribution is 7.98. The molecule has 6 nitrogen and oxygen atoms in total. The minimum atomic E-state index is -0.573. The van der Waals surface area contributed by atoms with E-state index in [1.165, 1.54) is 30.0 Å². The predicted molar refractivity (Wildman–Crippen MR) is 112 cm³/mol. The monoisotopic (exact) mass is 418 g/mol. The molecule has 0 saturated carbocycles. The Morgan fingerprint density at radius 2 is 1.89 bits per heavy atom. The minimum Gasteiger partial charge on any atom is -0.452 e. The summed E-state index contributed by atoms with van der Waals surface area (Å²) in [6.07, 6.45) is 5.66. The van der Waals surface area contributed by atoms with Gasteiger partial charge in [0.1, 0.15) is 5.00 Å². The first-order chi connectivity index (χ1) is 13.5. The third kappa shape index (κ3) is 4.74. The molecule has 0 unspecified atom stereocenters. The molecule has 0 bridgehead atoms. The van der Waals surface area contributed by atoms with Crippen molar-refractivity contribution in [1.29, 1.82) is 0 Å². The van der Waals surface area contributed by atoms with Gasteiger partial charge in [-0.15, -0.1) is 23.1 Å². The van der Waals surface area contributed by atoms with Crippen LogP contribution in [-0.4, -0.2) is 30.6 Å². The molecule has 2 amide bonds. The maximum absolute atomic E-state index is 12.7. The molecule has 0 radical (unpaired) electrons. The van der Waals surface area contributed by atoms with Gasteiger partial charge in [0.15, 0.2) is 6.61 Å². The number of fused-ring (bicyclic) bond motifs is 1. The molecule has 0 fully saturated rings. The summed E-state index contributed by atoms with van der Waals surface area (Å²) in [6, 6.07) is 7.43. The Bertz CT molecular complexity index is 908. The zero-order valence-electron chi connectivity index (χ0n) is 15.8. The third-order valence-corrected chi connectivity index (χ3v) is 6.38. The van der Waals surface area contributed by atoms with Crippen molar-refractivity contribution in [3.63, 3.8) is 0 Å². The van der Waals surface area contributed by atoms with Crippen LogP contribution in [-0.2, 0) is 27.2 Å². The number of esters is 1. The van der Waals surface area contributed by atoms with Crippen LogP contribution < -0.4 is 10.6 Å². The number of thioether (sulfide) groups is 1. The molecule has 28 heavy (non-hydrogen) atoms. The first-order valence-electron chi connectivity index (χ1n) is 9.01. The van der Waals surface area contributed by atoms with Crippen LogP contribution in [0.1, 0.15) is 40.6 Å². The summed E-state index contributed by atoms with van der Waals surface area (Å²) in [6.45, 7) is 1.02. The second kappa shape index (κ2) is 9.25. The largest absolute Gasteiger partial charge is 0.452 e. The van der Waals surface area contributed by atoms with Gasteiger partial charge in [0.25, 0.3) is 5.91 Å². The van der Waals surface area contributed by atoms with E-state index in [2.05, 4.69) is 10.6 Å². The molecule has 0 atom stereocenters. The Balaban J connectivity index is 1.70. The molecular formula is C20H22N2O4S2. The number of benzene rings is 1. The number of para-hydroxylation sites is 1. The van der Waals surface area contributed by atoms with Crippen molar-refractivity contribution in [3.8, 4) is 0 Å². The van der Waals surface area contributed by atoms with Crippen LogP contribution in [0.5, 0.6) is 0 Å². The Morgan fingerprint density at radius 1 is 1.14 bits per heavy atom. The molecule has 1 heterocycles. The quantitative estimate of drug-likeness (QED) is 0.545. The SMILES string of the molecule is CSc1ccccc1NC(=O)COC(=O)c1c(NC(C)=O)sc2c1CCCC2. The van der Waals surface area contributed by atoms with Crippen LogP contribution in [0.25, 0.3) is 0 Å². The third-order valence-electron chi connectivity index (χ3n) is 4.38. The van der Waals surface area contributed by atoms with Crippen molar-refractivity contribution in [2.75, 3.05) is 23.5 Å². The van der Waals surface area contributed by atoms with Gasteiger partial charge in [0.2, 0.25) is 5.91 Å². The lowest BCUT2D eigenvalue weighted by Crippen LogP contribution is -2.22. The zero-order chi connectivity index (χ0) is 20.1. The molecule has 0 saturated heterocycles. The van der Waals surface area contributed by atoms with E-state index in [1.807, 2.05) is 24.5 Å². The Labute approximate surface area is 172 Å². The fourth-order valence-electron chi connectivity index (χ4n) is 3.17. The van der Waals surface area contributed by atoms with Crippen molar-refractivity contribution in [1.82, 2.24) is 0 Å². The first-order valence-corrected chi connectivity index (χ1v) is 11.1. The van der Waals surface area contributed by atoms with Gasteiger partial charge in [-0.05, 0) is 49.6 Å². The van der Waals surface area contributed by atoms with Gasteiger partial charge in [-0.1, -0.05) is 12.1 Å². The normalized spacial score (nSPS) is 12.8. The summed E-state index contributed by atoms with van der Waals surface area (Å²) < 4.78 is 5.28. The highest BCUT2D eigenvalue weighted by atomic mass is 32.2. The number of carbonyl (C=O) groups excluding carboxylic acids is 3. The molecule has 1 aliphatic rings. The molecule has 2 N–H and O–H groups in total. The molecule has 2 aromatic rings. The maximum atomic E-state index is 12.7. The van der Waals surface area contributed by atoms with Gasteiger partial charge in [0.05, 0.1) is 11.3 Å². The van der Waals surface area contributed by atoms with E-state index in [9.17, 15) is 14.4 Å². The second-order valence-electron chi connectivity index (χ2n) is 6.42. The van der Waals surface area contributed by atoms with Crippen LogP contribution in [0, 0.1) is 0 Å². The van der Waals surface area contributed by atoms with Crippen LogP contribution in [0.2, 0.25) is 0 Å². The summed E-state index contributed by atoms with van der Waals surface area (Å²) in [5, 5.41) is 6.01.